The van der Waals surface area contributed by atoms with Gasteiger partial charge in [0.05, 0.1) is 0 Å². The maximum absolute atomic E-state index is 12.8. The van der Waals surface area contributed by atoms with Crippen molar-refractivity contribution in [3.05, 3.63) is 94.9 Å². The highest BCUT2D eigenvalue weighted by molar-refractivity contribution is 6.00. The molecule has 2 aromatic carbocycles. The number of carbonyl (C=O) groups is 1. The molecule has 0 atom stereocenters. The van der Waals surface area contributed by atoms with Crippen LogP contribution in [0.25, 0.3) is 11.3 Å². The van der Waals surface area contributed by atoms with Gasteiger partial charge in [0, 0.05) is 24.4 Å². The summed E-state index contributed by atoms with van der Waals surface area (Å²) in [5.74, 6) is 1.52. The maximum Gasteiger partial charge on any atom is 0.257 e. The van der Waals surface area contributed by atoms with E-state index in [1.807, 2.05) is 68.4 Å². The van der Waals surface area contributed by atoms with Crippen molar-refractivity contribution >= 4 is 5.91 Å². The molecule has 0 bridgehead atoms. The number of amides is 1. The van der Waals surface area contributed by atoms with Crippen molar-refractivity contribution in [1.29, 1.82) is 0 Å². The van der Waals surface area contributed by atoms with Crippen molar-refractivity contribution in [2.24, 2.45) is 0 Å². The number of nitrogens with one attached hydrogen (secondary N) is 1. The number of carbonyl (C=O) groups excluding carboxylic acids is 1. The van der Waals surface area contributed by atoms with E-state index in [1.165, 1.54) is 0 Å². The largest absolute Gasteiger partial charge is 0.439 e. The summed E-state index contributed by atoms with van der Waals surface area (Å²) in [6, 6.07) is 19.2. The molecule has 2 aromatic heterocycles. The van der Waals surface area contributed by atoms with Gasteiger partial charge in [-0.3, -0.25) is 4.79 Å². The molecule has 156 valence electrons. The summed E-state index contributed by atoms with van der Waals surface area (Å²) in [4.78, 5) is 17.2. The van der Waals surface area contributed by atoms with Crippen LogP contribution in [-0.2, 0) is 6.54 Å². The SMILES string of the molecule is Cc1ccc(C)c(Oc2ccc(CNC(=O)c3c(-c4ccccc4)noc3C)cn2)c1. The number of aryl methyl sites for hydroxylation is 3. The van der Waals surface area contributed by atoms with E-state index in [0.29, 0.717) is 29.4 Å². The fourth-order valence-electron chi connectivity index (χ4n) is 3.21. The third-order valence-corrected chi connectivity index (χ3v) is 4.95. The predicted octanol–water partition coefficient (Wildman–Crippen LogP) is 5.38. The average molecular weight is 413 g/mol. The Morgan fingerprint density at radius 3 is 2.58 bits per heavy atom. The third-order valence-electron chi connectivity index (χ3n) is 4.95. The Kier molecular flexibility index (Phi) is 5.80. The van der Waals surface area contributed by atoms with E-state index in [-0.39, 0.29) is 5.91 Å². The molecule has 0 aliphatic carbocycles. The first-order chi connectivity index (χ1) is 15.0. The molecule has 4 aromatic rings. The van der Waals surface area contributed by atoms with Gasteiger partial charge in [-0.25, -0.2) is 4.98 Å². The second-order valence-electron chi connectivity index (χ2n) is 7.39. The minimum Gasteiger partial charge on any atom is -0.439 e. The summed E-state index contributed by atoms with van der Waals surface area (Å²) >= 11 is 0. The molecule has 6 heteroatoms. The monoisotopic (exact) mass is 413 g/mol. The normalized spacial score (nSPS) is 10.7. The molecule has 0 fully saturated rings. The van der Waals surface area contributed by atoms with Gasteiger partial charge in [-0.15, -0.1) is 0 Å². The number of rotatable bonds is 6. The quantitative estimate of drug-likeness (QED) is 0.459. The van der Waals surface area contributed by atoms with E-state index in [1.54, 1.807) is 19.2 Å². The highest BCUT2D eigenvalue weighted by Gasteiger charge is 2.21. The Labute approximate surface area is 180 Å². The Morgan fingerprint density at radius 2 is 1.84 bits per heavy atom. The number of nitrogens with zero attached hydrogens (tertiary/aromatic N) is 2. The molecule has 31 heavy (non-hydrogen) atoms. The molecule has 0 unspecified atom stereocenters. The number of aromatic nitrogens is 2. The van der Waals surface area contributed by atoms with Gasteiger partial charge in [0.15, 0.2) is 0 Å². The molecule has 0 radical (unpaired) electrons. The third kappa shape index (κ3) is 4.64. The van der Waals surface area contributed by atoms with E-state index in [2.05, 4.69) is 15.5 Å². The van der Waals surface area contributed by atoms with Crippen LogP contribution < -0.4 is 10.1 Å². The number of hydrogen-bond acceptors (Lipinski definition) is 5. The highest BCUT2D eigenvalue weighted by atomic mass is 16.5. The summed E-state index contributed by atoms with van der Waals surface area (Å²) in [6.07, 6.45) is 1.69. The molecule has 0 saturated heterocycles. The summed E-state index contributed by atoms with van der Waals surface area (Å²) in [6.45, 7) is 6.07. The first-order valence-electron chi connectivity index (χ1n) is 10.0. The second-order valence-corrected chi connectivity index (χ2v) is 7.39. The van der Waals surface area contributed by atoms with E-state index in [0.717, 1.165) is 28.0 Å². The predicted molar refractivity (Wildman–Crippen MR) is 118 cm³/mol. The van der Waals surface area contributed by atoms with Crippen LogP contribution in [0.2, 0.25) is 0 Å². The number of hydrogen-bond donors (Lipinski definition) is 1. The lowest BCUT2D eigenvalue weighted by Gasteiger charge is -2.10. The molecule has 0 aliphatic heterocycles. The lowest BCUT2D eigenvalue weighted by atomic mass is 10.1. The standard InChI is InChI=1S/C25H23N3O3/c1-16-9-10-17(2)21(13-16)30-22-12-11-19(14-26-22)15-27-25(29)23-18(3)31-28-24(23)20-7-5-4-6-8-20/h4-14H,15H2,1-3H3,(H,27,29). The minimum absolute atomic E-state index is 0.242. The average Bonchev–Trinajstić information content (AvgIpc) is 3.17. The van der Waals surface area contributed by atoms with Crippen molar-refractivity contribution in [3.8, 4) is 22.9 Å². The van der Waals surface area contributed by atoms with Crippen LogP contribution in [0.4, 0.5) is 0 Å². The smallest absolute Gasteiger partial charge is 0.257 e. The molecular formula is C25H23N3O3. The van der Waals surface area contributed by atoms with Gasteiger partial charge in [0.1, 0.15) is 22.8 Å². The van der Waals surface area contributed by atoms with Gasteiger partial charge in [0.2, 0.25) is 5.88 Å². The molecule has 4 rings (SSSR count). The van der Waals surface area contributed by atoms with E-state index >= 15 is 0 Å². The zero-order chi connectivity index (χ0) is 21.8. The van der Waals surface area contributed by atoms with Crippen LogP contribution in [0.15, 0.2) is 71.4 Å². The first kappa shape index (κ1) is 20.3. The Morgan fingerprint density at radius 1 is 1.03 bits per heavy atom. The van der Waals surface area contributed by atoms with Crippen LogP contribution in [0.3, 0.4) is 0 Å². The van der Waals surface area contributed by atoms with Crippen molar-refractivity contribution in [2.45, 2.75) is 27.3 Å². The molecular weight excluding hydrogens is 390 g/mol. The van der Waals surface area contributed by atoms with Gasteiger partial charge in [-0.05, 0) is 43.5 Å². The molecule has 1 N–H and O–H groups in total. The fraction of sp³-hybridized carbons (Fsp3) is 0.160. The Balaban J connectivity index is 1.43. The lowest BCUT2D eigenvalue weighted by molar-refractivity contribution is 0.0950. The van der Waals surface area contributed by atoms with E-state index in [9.17, 15) is 4.79 Å². The van der Waals surface area contributed by atoms with Crippen molar-refractivity contribution in [3.63, 3.8) is 0 Å². The van der Waals surface area contributed by atoms with Crippen LogP contribution in [-0.4, -0.2) is 16.0 Å². The summed E-state index contributed by atoms with van der Waals surface area (Å²) in [5.41, 5.74) is 4.83. The van der Waals surface area contributed by atoms with Crippen LogP contribution >= 0.6 is 0 Å². The summed E-state index contributed by atoms with van der Waals surface area (Å²) in [7, 11) is 0. The molecule has 0 saturated carbocycles. The number of pyridine rings is 1. The minimum atomic E-state index is -0.242. The summed E-state index contributed by atoms with van der Waals surface area (Å²) < 4.78 is 11.2. The van der Waals surface area contributed by atoms with Gasteiger partial charge >= 0.3 is 0 Å². The molecule has 2 heterocycles. The van der Waals surface area contributed by atoms with Gasteiger partial charge in [-0.1, -0.05) is 53.7 Å². The molecule has 0 aliphatic rings. The Bertz CT molecular complexity index is 1200. The number of ether oxygens (including phenoxy) is 1. The van der Waals surface area contributed by atoms with Crippen LogP contribution in [0.1, 0.15) is 32.8 Å². The highest BCUT2D eigenvalue weighted by Crippen LogP contribution is 2.26. The zero-order valence-corrected chi connectivity index (χ0v) is 17.7. The molecule has 1 amide bonds. The summed E-state index contributed by atoms with van der Waals surface area (Å²) in [5, 5.41) is 6.98. The van der Waals surface area contributed by atoms with Crippen molar-refractivity contribution < 1.29 is 14.1 Å². The maximum atomic E-state index is 12.8. The van der Waals surface area contributed by atoms with Gasteiger partial charge < -0.3 is 14.6 Å². The zero-order valence-electron chi connectivity index (χ0n) is 17.7. The van der Waals surface area contributed by atoms with Gasteiger partial charge in [0.25, 0.3) is 5.91 Å². The molecule has 0 spiro atoms. The van der Waals surface area contributed by atoms with E-state index in [4.69, 9.17) is 9.26 Å². The molecule has 6 nitrogen and oxygen atoms in total. The fourth-order valence-corrected chi connectivity index (χ4v) is 3.21. The van der Waals surface area contributed by atoms with E-state index < -0.39 is 0 Å². The second kappa shape index (κ2) is 8.83. The van der Waals surface area contributed by atoms with Crippen LogP contribution in [0, 0.1) is 20.8 Å². The Hall–Kier alpha value is -3.93. The van der Waals surface area contributed by atoms with Crippen molar-refractivity contribution in [1.82, 2.24) is 15.5 Å². The number of benzene rings is 2. The van der Waals surface area contributed by atoms with Crippen LogP contribution in [0.5, 0.6) is 11.6 Å². The lowest BCUT2D eigenvalue weighted by Crippen LogP contribution is -2.23. The van der Waals surface area contributed by atoms with Crippen molar-refractivity contribution in [2.75, 3.05) is 0 Å². The topological polar surface area (TPSA) is 77.2 Å². The first-order valence-corrected chi connectivity index (χ1v) is 10.0. The van der Waals surface area contributed by atoms with Gasteiger partial charge in [-0.2, -0.15) is 0 Å².